The van der Waals surface area contributed by atoms with Crippen LogP contribution >= 0.6 is 0 Å². The fraction of sp³-hybridized carbons (Fsp3) is 0.381. The Hall–Kier alpha value is -5.30. The number of pyridine rings is 1. The molecule has 1 saturated heterocycles. The number of carbonyl (C=O) groups is 1. The first kappa shape index (κ1) is 38.4. The number of fused-ring (bicyclic) bond motifs is 2. The molecule has 0 unspecified atom stereocenters. The van der Waals surface area contributed by atoms with E-state index in [0.717, 1.165) is 55.9 Å². The lowest BCUT2D eigenvalue weighted by Gasteiger charge is -2.28. The number of rotatable bonds is 8. The van der Waals surface area contributed by atoms with Crippen molar-refractivity contribution < 1.29 is 38.6 Å². The third kappa shape index (κ3) is 8.57. The summed E-state index contributed by atoms with van der Waals surface area (Å²) in [7, 11) is 11.3. The van der Waals surface area contributed by atoms with Gasteiger partial charge in [0.1, 0.15) is 11.5 Å². The van der Waals surface area contributed by atoms with Gasteiger partial charge in [-0.1, -0.05) is 12.1 Å². The van der Waals surface area contributed by atoms with Crippen molar-refractivity contribution in [2.45, 2.75) is 0 Å². The molecule has 0 amide bonds. The highest BCUT2D eigenvalue weighted by Crippen LogP contribution is 2.42. The van der Waals surface area contributed by atoms with Crippen LogP contribution in [0.4, 0.5) is 22.7 Å². The zero-order valence-electron chi connectivity index (χ0n) is 32.2. The van der Waals surface area contributed by atoms with Crippen molar-refractivity contribution in [2.75, 3.05) is 128 Å². The minimum absolute atomic E-state index is 0.150. The number of nitrogens with zero attached hydrogens (tertiary/aromatic N) is 4. The number of ether oxygens (including phenoxy) is 5. The average molecular weight is 739 g/mol. The van der Waals surface area contributed by atoms with Gasteiger partial charge in [-0.2, -0.15) is 0 Å². The Morgan fingerprint density at radius 2 is 1.15 bits per heavy atom. The number of anilines is 4. The lowest BCUT2D eigenvalue weighted by atomic mass is 9.91. The molecule has 0 radical (unpaired) electrons. The number of aromatic amines is 1. The second-order valence-electron chi connectivity index (χ2n) is 13.6. The summed E-state index contributed by atoms with van der Waals surface area (Å²) in [4.78, 5) is 25.2. The Kier molecular flexibility index (Phi) is 12.6. The molecule has 286 valence electrons. The molecule has 4 aromatic carbocycles. The van der Waals surface area contributed by atoms with E-state index in [1.54, 1.807) is 20.3 Å². The quantitative estimate of drug-likeness (QED) is 0.198. The number of H-pyrrole nitrogens is 1. The number of aromatic nitrogens is 1. The molecule has 12 heteroatoms. The van der Waals surface area contributed by atoms with Crippen LogP contribution in [0.2, 0.25) is 0 Å². The smallest absolute Gasteiger partial charge is 0.336 e. The largest absolute Gasteiger partial charge is 0.495 e. The van der Waals surface area contributed by atoms with Gasteiger partial charge in [-0.15, -0.1) is 0 Å². The second kappa shape index (κ2) is 17.7. The Labute approximate surface area is 317 Å². The maximum Gasteiger partial charge on any atom is 0.336 e. The highest BCUT2D eigenvalue weighted by Gasteiger charge is 2.26. The zero-order valence-corrected chi connectivity index (χ0v) is 32.2. The molecule has 0 saturated carbocycles. The van der Waals surface area contributed by atoms with E-state index in [-0.39, 0.29) is 5.56 Å². The Morgan fingerprint density at radius 1 is 0.648 bits per heavy atom. The second-order valence-corrected chi connectivity index (χ2v) is 13.6. The molecule has 0 atom stereocenters. The van der Waals surface area contributed by atoms with Gasteiger partial charge in [0, 0.05) is 89.0 Å². The first-order chi connectivity index (χ1) is 26.2. The summed E-state index contributed by atoms with van der Waals surface area (Å²) in [5.41, 5.74) is 7.16. The van der Waals surface area contributed by atoms with Crippen LogP contribution in [0.3, 0.4) is 0 Å². The fourth-order valence-electron chi connectivity index (χ4n) is 6.93. The van der Waals surface area contributed by atoms with Crippen LogP contribution in [-0.4, -0.2) is 119 Å². The van der Waals surface area contributed by atoms with Crippen LogP contribution in [0.25, 0.3) is 32.9 Å². The molecule has 2 heterocycles. The van der Waals surface area contributed by atoms with Gasteiger partial charge in [0.2, 0.25) is 11.0 Å². The Bertz CT molecular complexity index is 2010. The summed E-state index contributed by atoms with van der Waals surface area (Å²) in [5.74, 6) is 0.216. The topological polar surface area (TPSA) is 111 Å². The van der Waals surface area contributed by atoms with E-state index in [1.165, 1.54) is 0 Å². The summed E-state index contributed by atoms with van der Waals surface area (Å²) in [6.07, 6.45) is 0. The minimum Gasteiger partial charge on any atom is -0.495 e. The lowest BCUT2D eigenvalue weighted by Crippen LogP contribution is -2.33. The summed E-state index contributed by atoms with van der Waals surface area (Å²) in [6.45, 7) is 5.19. The molecule has 0 bridgehead atoms. The van der Waals surface area contributed by atoms with E-state index in [4.69, 9.17) is 23.7 Å². The van der Waals surface area contributed by atoms with Crippen molar-refractivity contribution >= 4 is 50.5 Å². The highest BCUT2D eigenvalue weighted by molar-refractivity contribution is 6.12. The van der Waals surface area contributed by atoms with Crippen LogP contribution in [0.5, 0.6) is 11.5 Å². The number of benzene rings is 4. The summed E-state index contributed by atoms with van der Waals surface area (Å²) < 4.78 is 29.8. The van der Waals surface area contributed by atoms with Crippen molar-refractivity contribution in [3.63, 3.8) is 0 Å². The van der Waals surface area contributed by atoms with Gasteiger partial charge in [0.05, 0.1) is 81.6 Å². The Balaban J connectivity index is 1.41. The standard InChI is InChI=1S/C42H51N5O7/c1-44(2)29-11-13-31-35(25-29)43-36-26-30(45(3)4)12-14-32(36)41(31)33-27-38(40(51-6)28-34(33)42(48)49)47-17-20-52-19-15-46(16-21-53-23-24-54-22-18-47)37-9-7-8-10-39(37)50-5/h7-14,25-28H,15-24H2,1-6H3,(H,48,49)/p+1. The van der Waals surface area contributed by atoms with E-state index < -0.39 is 5.97 Å². The highest BCUT2D eigenvalue weighted by atomic mass is 16.5. The third-order valence-corrected chi connectivity index (χ3v) is 9.83. The normalized spacial score (nSPS) is 15.1. The van der Waals surface area contributed by atoms with Gasteiger partial charge in [-0.05, 0) is 48.5 Å². The van der Waals surface area contributed by atoms with E-state index in [0.29, 0.717) is 77.1 Å². The van der Waals surface area contributed by atoms with Crippen molar-refractivity contribution in [1.29, 1.82) is 0 Å². The van der Waals surface area contributed by atoms with E-state index in [9.17, 15) is 9.90 Å². The van der Waals surface area contributed by atoms with Crippen molar-refractivity contribution in [3.05, 3.63) is 78.4 Å². The summed E-state index contributed by atoms with van der Waals surface area (Å²) in [6, 6.07) is 24.0. The Morgan fingerprint density at radius 3 is 1.65 bits per heavy atom. The van der Waals surface area contributed by atoms with Crippen molar-refractivity contribution in [3.8, 4) is 22.6 Å². The number of hydrogen-bond acceptors (Lipinski definition) is 10. The van der Waals surface area contributed by atoms with Crippen LogP contribution < -0.4 is 34.1 Å². The molecule has 1 aliphatic rings. The molecule has 54 heavy (non-hydrogen) atoms. The number of hydrogen-bond donors (Lipinski definition) is 1. The maximum atomic E-state index is 13.1. The number of para-hydroxylation sites is 2. The number of carboxylic acid groups (broad SMARTS) is 1. The van der Waals surface area contributed by atoms with Gasteiger partial charge in [0.15, 0.2) is 0 Å². The summed E-state index contributed by atoms with van der Waals surface area (Å²) >= 11 is 0. The number of aromatic carboxylic acids is 1. The molecule has 12 nitrogen and oxygen atoms in total. The van der Waals surface area contributed by atoms with Gasteiger partial charge in [-0.3, -0.25) is 0 Å². The number of nitrogens with one attached hydrogen (secondary N) is 1. The van der Waals surface area contributed by atoms with E-state index in [2.05, 4.69) is 61.0 Å². The van der Waals surface area contributed by atoms with Gasteiger partial charge in [-0.25, -0.2) is 9.78 Å². The first-order valence-electron chi connectivity index (χ1n) is 18.3. The molecule has 2 N–H and O–H groups in total. The SMILES string of the molecule is COc1ccccc1N1CCOCCOCCN(c2cc(-c3c4ccc(N(C)C)cc4[nH+]c4cc(N(C)C)ccc34)c(C(=O)O)cc2OC)CCOCC1. The average Bonchev–Trinajstić information content (AvgIpc) is 3.18. The maximum absolute atomic E-state index is 13.1. The number of methoxy groups -OCH3 is 2. The monoisotopic (exact) mass is 738 g/mol. The van der Waals surface area contributed by atoms with Gasteiger partial charge < -0.3 is 48.4 Å². The molecule has 1 aliphatic heterocycles. The molecular formula is C42H52N5O7+. The molecule has 1 fully saturated rings. The van der Waals surface area contributed by atoms with Crippen molar-refractivity contribution in [2.24, 2.45) is 0 Å². The minimum atomic E-state index is -1.04. The molecule has 5 aromatic rings. The molecule has 0 aliphatic carbocycles. The predicted octanol–water partition coefficient (Wildman–Crippen LogP) is 5.70. The summed E-state index contributed by atoms with van der Waals surface area (Å²) in [5, 5.41) is 12.5. The number of carboxylic acids is 1. The lowest BCUT2D eigenvalue weighted by molar-refractivity contribution is -0.310. The predicted molar refractivity (Wildman–Crippen MR) is 215 cm³/mol. The molecule has 1 aromatic heterocycles. The first-order valence-corrected chi connectivity index (χ1v) is 18.3. The molecule has 6 rings (SSSR count). The van der Waals surface area contributed by atoms with Crippen molar-refractivity contribution in [1.82, 2.24) is 0 Å². The van der Waals surface area contributed by atoms with Gasteiger partial charge >= 0.3 is 5.97 Å². The van der Waals surface area contributed by atoms with E-state index >= 15 is 0 Å². The van der Waals surface area contributed by atoms with Gasteiger partial charge in [0.25, 0.3) is 0 Å². The zero-order chi connectivity index (χ0) is 38.2. The third-order valence-electron chi connectivity index (χ3n) is 9.83. The molecule has 0 spiro atoms. The van der Waals surface area contributed by atoms with Crippen LogP contribution in [-0.2, 0) is 14.2 Å². The van der Waals surface area contributed by atoms with Crippen LogP contribution in [0.1, 0.15) is 10.4 Å². The van der Waals surface area contributed by atoms with Crippen LogP contribution in [0.15, 0.2) is 72.8 Å². The van der Waals surface area contributed by atoms with E-state index in [1.807, 2.05) is 58.5 Å². The fourth-order valence-corrected chi connectivity index (χ4v) is 6.93. The van der Waals surface area contributed by atoms with Crippen LogP contribution in [0, 0.1) is 0 Å². The molecular weight excluding hydrogens is 686 g/mol.